The maximum atomic E-state index is 13.6. The van der Waals surface area contributed by atoms with Gasteiger partial charge in [0.1, 0.15) is 11.6 Å². The van der Waals surface area contributed by atoms with Crippen LogP contribution >= 0.6 is 34.8 Å². The van der Waals surface area contributed by atoms with Gasteiger partial charge in [-0.25, -0.2) is 13.5 Å². The highest BCUT2D eigenvalue weighted by Crippen LogP contribution is 2.30. The Hall–Kier alpha value is -1.24. The van der Waals surface area contributed by atoms with E-state index in [0.29, 0.717) is 0 Å². The Bertz CT molecular complexity index is 677. The molecule has 9 heteroatoms. The molecule has 0 fully saturated rings. The summed E-state index contributed by atoms with van der Waals surface area (Å²) in [6, 6.07) is 3.50. The van der Waals surface area contributed by atoms with Gasteiger partial charge in [0.05, 0.1) is 12.2 Å². The number of carbonyl (C=O) groups is 1. The zero-order valence-corrected chi connectivity index (χ0v) is 12.8. The molecule has 0 saturated carbocycles. The monoisotopic (exact) mass is 353 g/mol. The van der Waals surface area contributed by atoms with Gasteiger partial charge in [0, 0.05) is 5.56 Å². The summed E-state index contributed by atoms with van der Waals surface area (Å²) in [6.45, 7) is 1.26. The van der Waals surface area contributed by atoms with Crippen molar-refractivity contribution in [2.45, 2.75) is 17.3 Å². The molecule has 0 spiro atoms. The van der Waals surface area contributed by atoms with Gasteiger partial charge >= 0.3 is 0 Å². The van der Waals surface area contributed by atoms with Gasteiger partial charge in [0.15, 0.2) is 5.69 Å². The molecule has 0 atom stereocenters. The number of Topliss-reactive ketones (excluding diaryl/α,β-unsaturated/α-hetero) is 1. The van der Waals surface area contributed by atoms with Gasteiger partial charge in [-0.3, -0.25) is 4.79 Å². The molecule has 0 unspecified atom stereocenters. The Kier molecular flexibility index (Phi) is 4.51. The van der Waals surface area contributed by atoms with E-state index >= 15 is 0 Å². The average Bonchev–Trinajstić information content (AvgIpc) is 2.73. The lowest BCUT2D eigenvalue weighted by Crippen LogP contribution is -2.20. The molecule has 21 heavy (non-hydrogen) atoms. The molecule has 0 N–H and O–H groups in total. The van der Waals surface area contributed by atoms with E-state index in [9.17, 15) is 13.6 Å². The van der Waals surface area contributed by atoms with Gasteiger partial charge in [-0.2, -0.15) is 0 Å². The zero-order chi connectivity index (χ0) is 15.8. The SMILES string of the molecule is Cc1c(C(=O)C(Cl)(Cl)Cl)nnn1Cc1c(F)cccc1F. The van der Waals surface area contributed by atoms with Crippen molar-refractivity contribution in [3.8, 4) is 0 Å². The summed E-state index contributed by atoms with van der Waals surface area (Å²) >= 11 is 16.5. The standard InChI is InChI=1S/C12H8Cl3F2N3O/c1-6-10(11(21)12(13,14)15)18-19-20(6)5-7-8(16)3-2-4-9(7)17/h2-4H,5H2,1H3. The number of ketones is 1. The summed E-state index contributed by atoms with van der Waals surface area (Å²) in [6.07, 6.45) is 0. The van der Waals surface area contributed by atoms with Crippen LogP contribution in [0.2, 0.25) is 0 Å². The second kappa shape index (κ2) is 5.87. The lowest BCUT2D eigenvalue weighted by atomic mass is 10.2. The first kappa shape index (κ1) is 16.1. The quantitative estimate of drug-likeness (QED) is 0.626. The summed E-state index contributed by atoms with van der Waals surface area (Å²) in [5, 5.41) is 7.27. The fourth-order valence-corrected chi connectivity index (χ4v) is 1.96. The van der Waals surface area contributed by atoms with E-state index in [1.54, 1.807) is 0 Å². The molecule has 1 heterocycles. The normalized spacial score (nSPS) is 11.7. The van der Waals surface area contributed by atoms with E-state index in [1.807, 2.05) is 0 Å². The summed E-state index contributed by atoms with van der Waals surface area (Å²) in [5.41, 5.74) is -0.112. The number of carbonyl (C=O) groups excluding carboxylic acids is 1. The summed E-state index contributed by atoms with van der Waals surface area (Å²) < 4.78 is 26.2. The number of benzene rings is 1. The average molecular weight is 355 g/mol. The third-order valence-corrected chi connectivity index (χ3v) is 3.34. The van der Waals surface area contributed by atoms with Gasteiger partial charge < -0.3 is 0 Å². The molecule has 4 nitrogen and oxygen atoms in total. The molecule has 2 aromatic rings. The minimum Gasteiger partial charge on any atom is -0.287 e. The Labute approximate surface area is 133 Å². The molecular formula is C12H8Cl3F2N3O. The Morgan fingerprint density at radius 2 is 1.86 bits per heavy atom. The van der Waals surface area contributed by atoms with E-state index in [4.69, 9.17) is 34.8 Å². The summed E-state index contributed by atoms with van der Waals surface area (Å²) in [5.74, 6) is -2.30. The van der Waals surface area contributed by atoms with E-state index < -0.39 is 21.2 Å². The maximum Gasteiger partial charge on any atom is 0.255 e. The molecule has 0 saturated heterocycles. The van der Waals surface area contributed by atoms with Crippen LogP contribution in [0.1, 0.15) is 21.7 Å². The largest absolute Gasteiger partial charge is 0.287 e. The molecule has 0 aliphatic carbocycles. The smallest absolute Gasteiger partial charge is 0.255 e. The second-order valence-electron chi connectivity index (χ2n) is 4.21. The van der Waals surface area contributed by atoms with Crippen molar-refractivity contribution in [2.24, 2.45) is 0 Å². The number of rotatable bonds is 3. The molecule has 112 valence electrons. The molecule has 1 aromatic heterocycles. The first-order chi connectivity index (χ1) is 9.71. The number of hydrogen-bond acceptors (Lipinski definition) is 3. The summed E-state index contributed by atoms with van der Waals surface area (Å²) in [7, 11) is 0. The molecule has 0 radical (unpaired) electrons. The fraction of sp³-hybridized carbons (Fsp3) is 0.250. The molecule has 2 rings (SSSR count). The minimum absolute atomic E-state index is 0.160. The predicted octanol–water partition coefficient (Wildman–Crippen LogP) is 3.47. The second-order valence-corrected chi connectivity index (χ2v) is 6.49. The molecule has 1 aromatic carbocycles. The van der Waals surface area contributed by atoms with Crippen molar-refractivity contribution in [3.05, 3.63) is 46.8 Å². The van der Waals surface area contributed by atoms with Gasteiger partial charge in [-0.1, -0.05) is 46.1 Å². The van der Waals surface area contributed by atoms with Crippen LogP contribution < -0.4 is 0 Å². The third kappa shape index (κ3) is 3.33. The molecule has 0 amide bonds. The van der Waals surface area contributed by atoms with Gasteiger partial charge in [0.2, 0.25) is 5.78 Å². The fourth-order valence-electron chi connectivity index (χ4n) is 1.69. The first-order valence-corrected chi connectivity index (χ1v) is 6.79. The van der Waals surface area contributed by atoms with Crippen LogP contribution in [0.5, 0.6) is 0 Å². The highest BCUT2D eigenvalue weighted by Gasteiger charge is 2.35. The van der Waals surface area contributed by atoms with Crippen LogP contribution in [0.15, 0.2) is 18.2 Å². The van der Waals surface area contributed by atoms with Crippen LogP contribution in [-0.2, 0) is 6.54 Å². The van der Waals surface area contributed by atoms with Crippen LogP contribution in [-0.4, -0.2) is 24.6 Å². The number of alkyl halides is 3. The molecule has 0 bridgehead atoms. The Morgan fingerprint density at radius 3 is 2.38 bits per heavy atom. The number of nitrogens with zero attached hydrogens (tertiary/aromatic N) is 3. The summed E-state index contributed by atoms with van der Waals surface area (Å²) in [4.78, 5) is 11.8. The van der Waals surface area contributed by atoms with Crippen molar-refractivity contribution >= 4 is 40.6 Å². The van der Waals surface area contributed by atoms with Gasteiger partial charge in [0.25, 0.3) is 3.79 Å². The van der Waals surface area contributed by atoms with E-state index in [2.05, 4.69) is 10.3 Å². The highest BCUT2D eigenvalue weighted by atomic mass is 35.6. The predicted molar refractivity (Wildman–Crippen MR) is 74.8 cm³/mol. The third-order valence-electron chi connectivity index (χ3n) is 2.82. The van der Waals surface area contributed by atoms with E-state index in [0.717, 1.165) is 16.8 Å². The topological polar surface area (TPSA) is 47.8 Å². The van der Waals surface area contributed by atoms with Gasteiger partial charge in [-0.05, 0) is 19.1 Å². The number of halogens is 5. The zero-order valence-electron chi connectivity index (χ0n) is 10.6. The van der Waals surface area contributed by atoms with Crippen molar-refractivity contribution in [1.29, 1.82) is 0 Å². The van der Waals surface area contributed by atoms with Gasteiger partial charge in [-0.15, -0.1) is 5.10 Å². The van der Waals surface area contributed by atoms with Crippen molar-refractivity contribution in [2.75, 3.05) is 0 Å². The lowest BCUT2D eigenvalue weighted by Gasteiger charge is -2.08. The van der Waals surface area contributed by atoms with Crippen LogP contribution in [0, 0.1) is 18.6 Å². The minimum atomic E-state index is -2.17. The first-order valence-electron chi connectivity index (χ1n) is 5.66. The Morgan fingerprint density at radius 1 is 1.29 bits per heavy atom. The number of aromatic nitrogens is 3. The van der Waals surface area contributed by atoms with E-state index in [1.165, 1.54) is 13.0 Å². The van der Waals surface area contributed by atoms with Crippen LogP contribution in [0.4, 0.5) is 8.78 Å². The number of hydrogen-bond donors (Lipinski definition) is 0. The van der Waals surface area contributed by atoms with Crippen LogP contribution in [0.3, 0.4) is 0 Å². The lowest BCUT2D eigenvalue weighted by molar-refractivity contribution is 0.0991. The molecule has 0 aliphatic rings. The Balaban J connectivity index is 2.36. The molecular weight excluding hydrogens is 347 g/mol. The van der Waals surface area contributed by atoms with Crippen molar-refractivity contribution in [3.63, 3.8) is 0 Å². The van der Waals surface area contributed by atoms with Crippen molar-refractivity contribution < 1.29 is 13.6 Å². The molecule has 0 aliphatic heterocycles. The highest BCUT2D eigenvalue weighted by molar-refractivity contribution is 6.77. The van der Waals surface area contributed by atoms with Crippen molar-refractivity contribution in [1.82, 2.24) is 15.0 Å². The van der Waals surface area contributed by atoms with E-state index in [-0.39, 0.29) is 23.5 Å². The van der Waals surface area contributed by atoms with Crippen LogP contribution in [0.25, 0.3) is 0 Å². The maximum absolute atomic E-state index is 13.6.